The smallest absolute Gasteiger partial charge is 0.244 e. The Morgan fingerprint density at radius 1 is 1.09 bits per heavy atom. The van der Waals surface area contributed by atoms with Crippen LogP contribution in [0, 0.1) is 20.8 Å². The summed E-state index contributed by atoms with van der Waals surface area (Å²) in [5, 5.41) is 2.95. The highest BCUT2D eigenvalue weighted by Crippen LogP contribution is 2.21. The average molecular weight is 304 g/mol. The van der Waals surface area contributed by atoms with E-state index in [9.17, 15) is 9.59 Å². The van der Waals surface area contributed by atoms with Crippen molar-refractivity contribution >= 4 is 17.5 Å². The Kier molecular flexibility index (Phi) is 7.09. The monoisotopic (exact) mass is 304 g/mol. The third-order valence-corrected chi connectivity index (χ3v) is 3.75. The number of carbonyl (C=O) groups is 2. The van der Waals surface area contributed by atoms with Crippen molar-refractivity contribution in [3.05, 3.63) is 28.8 Å². The summed E-state index contributed by atoms with van der Waals surface area (Å²) in [5.74, 6) is -0.189. The van der Waals surface area contributed by atoms with E-state index in [1.165, 1.54) is 12.5 Å². The molecule has 1 aromatic rings. The largest absolute Gasteiger partial charge is 0.334 e. The Balaban J connectivity index is 2.70. The molecule has 0 aliphatic heterocycles. The number of hydrogen-bond donors (Lipinski definition) is 1. The van der Waals surface area contributed by atoms with Gasteiger partial charge >= 0.3 is 0 Å². The lowest BCUT2D eigenvalue weighted by Crippen LogP contribution is -2.37. The second kappa shape index (κ2) is 8.57. The van der Waals surface area contributed by atoms with Crippen LogP contribution in [0.1, 0.15) is 49.8 Å². The molecule has 1 N–H and O–H groups in total. The van der Waals surface area contributed by atoms with Gasteiger partial charge in [-0.15, -0.1) is 0 Å². The van der Waals surface area contributed by atoms with Crippen molar-refractivity contribution in [2.75, 3.05) is 18.4 Å². The van der Waals surface area contributed by atoms with Gasteiger partial charge in [-0.05, 0) is 38.3 Å². The maximum Gasteiger partial charge on any atom is 0.244 e. The van der Waals surface area contributed by atoms with Gasteiger partial charge in [-0.1, -0.05) is 37.5 Å². The minimum atomic E-state index is -0.137. The molecule has 0 fully saturated rings. The Hall–Kier alpha value is -1.84. The zero-order valence-corrected chi connectivity index (χ0v) is 14.5. The zero-order chi connectivity index (χ0) is 16.7. The molecule has 0 aliphatic carbocycles. The summed E-state index contributed by atoms with van der Waals surface area (Å²) >= 11 is 0. The summed E-state index contributed by atoms with van der Waals surface area (Å²) in [7, 11) is 0. The molecule has 2 amide bonds. The summed E-state index contributed by atoms with van der Waals surface area (Å²) in [6.45, 7) is 10.4. The Morgan fingerprint density at radius 2 is 1.68 bits per heavy atom. The molecule has 0 aliphatic rings. The summed E-state index contributed by atoms with van der Waals surface area (Å²) in [4.78, 5) is 25.5. The summed E-state index contributed by atoms with van der Waals surface area (Å²) in [6.07, 6.45) is 3.10. The second-order valence-electron chi connectivity index (χ2n) is 5.97. The van der Waals surface area contributed by atoms with E-state index in [2.05, 4.69) is 12.2 Å². The van der Waals surface area contributed by atoms with Crippen molar-refractivity contribution in [3.63, 3.8) is 0 Å². The van der Waals surface area contributed by atoms with Crippen LogP contribution in [0.15, 0.2) is 12.1 Å². The first kappa shape index (κ1) is 18.2. The van der Waals surface area contributed by atoms with Crippen molar-refractivity contribution in [2.24, 2.45) is 0 Å². The number of benzene rings is 1. The first-order chi connectivity index (χ1) is 10.3. The number of amides is 2. The molecule has 1 aromatic carbocycles. The molecule has 122 valence electrons. The molecular weight excluding hydrogens is 276 g/mol. The number of nitrogens with one attached hydrogen (secondary N) is 1. The number of rotatable bonds is 7. The minimum absolute atomic E-state index is 0.0522. The van der Waals surface area contributed by atoms with Crippen molar-refractivity contribution < 1.29 is 9.59 Å². The Bertz CT molecular complexity index is 515. The van der Waals surface area contributed by atoms with E-state index in [1.807, 2.05) is 32.9 Å². The molecule has 0 unspecified atom stereocenters. The standard InChI is InChI=1S/C18H28N2O2/c1-6-7-8-9-20(16(5)21)12-17(22)19-18-14(3)10-13(2)11-15(18)4/h10-11H,6-9,12H2,1-5H3,(H,19,22). The van der Waals surface area contributed by atoms with Gasteiger partial charge in [0, 0.05) is 19.2 Å². The number of aryl methyl sites for hydroxylation is 3. The average Bonchev–Trinajstić information content (AvgIpc) is 2.41. The highest BCUT2D eigenvalue weighted by atomic mass is 16.2. The maximum atomic E-state index is 12.2. The fraction of sp³-hybridized carbons (Fsp3) is 0.556. The first-order valence-electron chi connectivity index (χ1n) is 7.98. The summed E-state index contributed by atoms with van der Waals surface area (Å²) in [5.41, 5.74) is 4.13. The molecule has 0 atom stereocenters. The van der Waals surface area contributed by atoms with E-state index in [0.29, 0.717) is 6.54 Å². The van der Waals surface area contributed by atoms with Crippen molar-refractivity contribution in [1.29, 1.82) is 0 Å². The van der Waals surface area contributed by atoms with E-state index in [1.54, 1.807) is 4.90 Å². The minimum Gasteiger partial charge on any atom is -0.334 e. The van der Waals surface area contributed by atoms with Gasteiger partial charge in [0.25, 0.3) is 0 Å². The normalized spacial score (nSPS) is 10.4. The van der Waals surface area contributed by atoms with Gasteiger partial charge in [0.1, 0.15) is 0 Å². The third kappa shape index (κ3) is 5.51. The quantitative estimate of drug-likeness (QED) is 0.783. The van der Waals surface area contributed by atoms with Gasteiger partial charge in [-0.25, -0.2) is 0 Å². The zero-order valence-electron chi connectivity index (χ0n) is 14.5. The molecule has 4 nitrogen and oxygen atoms in total. The lowest BCUT2D eigenvalue weighted by Gasteiger charge is -2.21. The molecule has 22 heavy (non-hydrogen) atoms. The molecule has 0 heterocycles. The predicted octanol–water partition coefficient (Wildman–Crippen LogP) is 3.59. The van der Waals surface area contributed by atoms with E-state index in [0.717, 1.165) is 36.1 Å². The summed E-state index contributed by atoms with van der Waals surface area (Å²) in [6, 6.07) is 4.10. The molecule has 0 saturated carbocycles. The fourth-order valence-electron chi connectivity index (χ4n) is 2.63. The molecular formula is C18H28N2O2. The molecule has 0 bridgehead atoms. The van der Waals surface area contributed by atoms with Gasteiger partial charge in [0.15, 0.2) is 0 Å². The van der Waals surface area contributed by atoms with Crippen LogP contribution in [0.25, 0.3) is 0 Å². The second-order valence-corrected chi connectivity index (χ2v) is 5.97. The molecule has 0 spiro atoms. The number of nitrogens with zero attached hydrogens (tertiary/aromatic N) is 1. The van der Waals surface area contributed by atoms with E-state index >= 15 is 0 Å². The lowest BCUT2D eigenvalue weighted by molar-refractivity contribution is -0.132. The number of carbonyl (C=O) groups excluding carboxylic acids is 2. The SMILES string of the molecule is CCCCCN(CC(=O)Nc1c(C)cc(C)cc1C)C(C)=O. The van der Waals surface area contributed by atoms with Gasteiger partial charge in [0.05, 0.1) is 6.54 Å². The highest BCUT2D eigenvalue weighted by Gasteiger charge is 2.15. The predicted molar refractivity (Wildman–Crippen MR) is 91.1 cm³/mol. The van der Waals surface area contributed by atoms with Crippen LogP contribution >= 0.6 is 0 Å². The van der Waals surface area contributed by atoms with Crippen molar-refractivity contribution in [3.8, 4) is 0 Å². The summed E-state index contributed by atoms with van der Waals surface area (Å²) < 4.78 is 0. The third-order valence-electron chi connectivity index (χ3n) is 3.75. The van der Waals surface area contributed by atoms with Gasteiger partial charge in [0.2, 0.25) is 11.8 Å². The van der Waals surface area contributed by atoms with Crippen LogP contribution in [0.2, 0.25) is 0 Å². The Morgan fingerprint density at radius 3 is 2.18 bits per heavy atom. The molecule has 1 rings (SSSR count). The van der Waals surface area contributed by atoms with Crippen LogP contribution < -0.4 is 5.32 Å². The van der Waals surface area contributed by atoms with Gasteiger partial charge in [-0.3, -0.25) is 9.59 Å². The number of anilines is 1. The van der Waals surface area contributed by atoms with Crippen LogP contribution in [0.3, 0.4) is 0 Å². The highest BCUT2D eigenvalue weighted by molar-refractivity contribution is 5.95. The fourth-order valence-corrected chi connectivity index (χ4v) is 2.63. The topological polar surface area (TPSA) is 49.4 Å². The van der Waals surface area contributed by atoms with Gasteiger partial charge < -0.3 is 10.2 Å². The van der Waals surface area contributed by atoms with E-state index in [4.69, 9.17) is 0 Å². The number of unbranched alkanes of at least 4 members (excludes halogenated alkanes) is 2. The van der Waals surface area contributed by atoms with Gasteiger partial charge in [-0.2, -0.15) is 0 Å². The molecule has 4 heteroatoms. The van der Waals surface area contributed by atoms with Crippen molar-refractivity contribution in [1.82, 2.24) is 4.90 Å². The molecule has 0 radical (unpaired) electrons. The maximum absolute atomic E-state index is 12.2. The van der Waals surface area contributed by atoms with Crippen LogP contribution in [0.5, 0.6) is 0 Å². The first-order valence-corrected chi connectivity index (χ1v) is 7.98. The number of hydrogen-bond acceptors (Lipinski definition) is 2. The van der Waals surface area contributed by atoms with E-state index in [-0.39, 0.29) is 18.4 Å². The van der Waals surface area contributed by atoms with Crippen molar-refractivity contribution in [2.45, 2.75) is 53.9 Å². The lowest BCUT2D eigenvalue weighted by atomic mass is 10.1. The van der Waals surface area contributed by atoms with Crippen LogP contribution in [0.4, 0.5) is 5.69 Å². The Labute approximate surface area is 133 Å². The van der Waals surface area contributed by atoms with Crippen LogP contribution in [-0.4, -0.2) is 29.8 Å². The molecule has 0 aromatic heterocycles. The molecule has 0 saturated heterocycles. The van der Waals surface area contributed by atoms with Crippen LogP contribution in [-0.2, 0) is 9.59 Å². The van der Waals surface area contributed by atoms with E-state index < -0.39 is 0 Å².